The predicted octanol–water partition coefficient (Wildman–Crippen LogP) is -5.97. The van der Waals surface area contributed by atoms with Gasteiger partial charge in [0, 0.05) is 78.5 Å². The van der Waals surface area contributed by atoms with Gasteiger partial charge in [-0.05, 0) is 50.4 Å². The Bertz CT molecular complexity index is 2480. The van der Waals surface area contributed by atoms with Gasteiger partial charge in [-0.3, -0.25) is 28.8 Å². The van der Waals surface area contributed by atoms with Crippen LogP contribution in [0.25, 0.3) is 0 Å². The molecule has 42 nitrogen and oxygen atoms in total. The highest BCUT2D eigenvalue weighted by atomic mass is 16.7. The number of alkyl carbamates (subject to hydrolysis) is 1. The van der Waals surface area contributed by atoms with Crippen molar-refractivity contribution in [2.75, 3.05) is 126 Å². The molecule has 0 saturated carbocycles. The molecule has 0 spiro atoms. The zero-order chi connectivity index (χ0) is 79.1. The number of ketones is 2. The molecule has 0 aromatic carbocycles. The van der Waals surface area contributed by atoms with Crippen LogP contribution in [-0.2, 0) is 105 Å². The summed E-state index contributed by atoms with van der Waals surface area (Å²) in [7, 11) is 1.35. The van der Waals surface area contributed by atoms with E-state index in [0.29, 0.717) is 26.1 Å². The number of aliphatic hydroxyl groups is 12. The van der Waals surface area contributed by atoms with Crippen LogP contribution in [0.5, 0.6) is 0 Å². The Balaban J connectivity index is 0.00000140. The molecule has 0 aromatic heterocycles. The van der Waals surface area contributed by atoms with E-state index in [9.17, 15) is 99.6 Å². The first-order valence-electron chi connectivity index (χ1n) is 35.8. The maximum atomic E-state index is 13.6. The molecule has 0 aromatic rings. The van der Waals surface area contributed by atoms with Crippen LogP contribution < -0.4 is 32.6 Å². The van der Waals surface area contributed by atoms with Crippen LogP contribution in [0.4, 0.5) is 9.59 Å². The SMILES string of the molecule is C.CCCCC(=O)CC(CCC(=O)CCCOCCOC1O[C@H](CO)[C@@H](O)[C@H](OC(N)=O)[C@@H]1O)(CCC(=O)NCCOCCCOC1O[C@H](CO)[C@@H](O)[C@H](NOC=O)[C@@H]1O)CCC(=O)NCCOCCOC1O[C@H](CO)[C@@H](O)[C@H](NOC=O)[C@@H]1O.CCCCOCCOC1O[C@H](CO)[C@@H](O)[C@H](OC(=O)NC)[C@@H]1O. The van der Waals surface area contributed by atoms with Crippen LogP contribution in [0.3, 0.4) is 0 Å². The van der Waals surface area contributed by atoms with Crippen LogP contribution in [0, 0.1) is 5.41 Å². The molecule has 0 bridgehead atoms. The molecule has 21 atom stereocenters. The number of carbonyl (C=O) groups is 8. The average Bonchev–Trinajstić information content (AvgIpc) is 0.835. The van der Waals surface area contributed by atoms with Gasteiger partial charge in [-0.15, -0.1) is 11.0 Å². The Labute approximate surface area is 626 Å². The van der Waals surface area contributed by atoms with Crippen molar-refractivity contribution in [1.82, 2.24) is 26.9 Å². The van der Waals surface area contributed by atoms with Gasteiger partial charge in [-0.2, -0.15) is 0 Å². The van der Waals surface area contributed by atoms with Crippen LogP contribution in [-0.4, -0.2) is 358 Å². The summed E-state index contributed by atoms with van der Waals surface area (Å²) in [5.74, 6) is -1.01. The molecule has 108 heavy (non-hydrogen) atoms. The number of nitrogens with one attached hydrogen (secondary N) is 5. The first-order valence-corrected chi connectivity index (χ1v) is 35.8. The van der Waals surface area contributed by atoms with Gasteiger partial charge in [0.15, 0.2) is 37.4 Å². The van der Waals surface area contributed by atoms with Gasteiger partial charge >= 0.3 is 25.1 Å². The summed E-state index contributed by atoms with van der Waals surface area (Å²) in [6.07, 6.45) is -21.9. The summed E-state index contributed by atoms with van der Waals surface area (Å²) in [5, 5.41) is 129. The fourth-order valence-corrected chi connectivity index (χ4v) is 11.5. The third-order valence-corrected chi connectivity index (χ3v) is 17.5. The number of primary amides is 1. The van der Waals surface area contributed by atoms with Gasteiger partial charge in [0.25, 0.3) is 0 Å². The largest absolute Gasteiger partial charge is 0.441 e. The maximum absolute atomic E-state index is 13.6. The standard InChI is InChI=1S/C51H89N5O28.C14H27NO8.CH4/c1-2-3-6-32(63)25-51(11-8-31(62)7-4-16-74-21-23-78-49-45(71)46(84-50(52)72)42(68)35(28-59)83-49,13-10-37(65)54-15-20-75-22-24-77-48-44(70)39(56-80-30-61)41(67)34(27-58)82-48)12-9-36(64)53-14-19-73-17-5-18-76-47-43(69)38(55-79-29-60)40(66)33(26-57)81-47;1-3-4-5-20-6-7-21-13-11(18)12(23-14(19)15-2)10(17)9(8-16)22-13;/h29-30,33-35,38-49,55-59,66-71H,2-28H2,1H3,(H2,52,72)(H,53,64)(H,54,65);9-13,16-18H,3-8H2,1-2H3,(H,15,19);1H4/t33-,34-,35-,38+,39+,40-,41-,42-,43+,44+,45+,46+,47?,48?,49?,51?;9-,10-,11+,12+,13?;/m11./s1. The molecule has 630 valence electrons. The van der Waals surface area contributed by atoms with E-state index in [2.05, 4.69) is 43.5 Å². The molecule has 4 aliphatic heterocycles. The Morgan fingerprint density at radius 1 is 0.435 bits per heavy atom. The summed E-state index contributed by atoms with van der Waals surface area (Å²) in [5.41, 5.74) is 8.48. The molecule has 42 heteroatoms. The molecular formula is C66H120N6O36. The number of hydroxylamine groups is 2. The van der Waals surface area contributed by atoms with Crippen molar-refractivity contribution in [2.24, 2.45) is 11.1 Å². The number of nitrogens with two attached hydrogens (primary N) is 1. The van der Waals surface area contributed by atoms with Gasteiger partial charge in [-0.25, -0.2) is 9.59 Å². The second-order valence-corrected chi connectivity index (χ2v) is 25.4. The molecule has 4 aliphatic rings. The predicted molar refractivity (Wildman–Crippen MR) is 366 cm³/mol. The first kappa shape index (κ1) is 98.8. The topological polar surface area (TPSA) is 613 Å². The molecule has 5 unspecified atom stereocenters. The summed E-state index contributed by atoms with van der Waals surface area (Å²) >= 11 is 0. The number of ether oxygens (including phenoxy) is 14. The van der Waals surface area contributed by atoms with E-state index in [-0.39, 0.29) is 181 Å². The number of rotatable bonds is 56. The number of aliphatic hydroxyl groups excluding tert-OH is 12. The third-order valence-electron chi connectivity index (χ3n) is 17.5. The Kier molecular flexibility index (Phi) is 52.0. The van der Waals surface area contributed by atoms with Gasteiger partial charge < -0.3 is 159 Å². The molecule has 4 amide bonds. The monoisotopic (exact) mass is 1570 g/mol. The van der Waals surface area contributed by atoms with E-state index < -0.39 is 173 Å². The average molecular weight is 1570 g/mol. The molecule has 0 aliphatic carbocycles. The second-order valence-electron chi connectivity index (χ2n) is 25.4. The smallest absolute Gasteiger partial charge is 0.407 e. The maximum Gasteiger partial charge on any atom is 0.407 e. The van der Waals surface area contributed by atoms with Crippen molar-refractivity contribution in [2.45, 2.75) is 240 Å². The molecule has 4 rings (SSSR count). The van der Waals surface area contributed by atoms with E-state index >= 15 is 0 Å². The molecular weight excluding hydrogens is 1450 g/mol. The van der Waals surface area contributed by atoms with E-state index in [4.69, 9.17) is 72.0 Å². The number of carbonyl (C=O) groups excluding carboxylic acids is 8. The summed E-state index contributed by atoms with van der Waals surface area (Å²) < 4.78 is 75.4. The Morgan fingerprint density at radius 3 is 1.24 bits per heavy atom. The lowest BCUT2D eigenvalue weighted by molar-refractivity contribution is -0.301. The lowest BCUT2D eigenvalue weighted by atomic mass is 9.70. The highest BCUT2D eigenvalue weighted by molar-refractivity contribution is 5.81. The summed E-state index contributed by atoms with van der Waals surface area (Å²) in [6, 6.07) is -2.45. The Morgan fingerprint density at radius 2 is 0.815 bits per heavy atom. The number of unbranched alkanes of at least 4 members (excludes halogenated alkanes) is 2. The van der Waals surface area contributed by atoms with E-state index in [1.54, 1.807) is 0 Å². The quantitative estimate of drug-likeness (QED) is 0.0117. The third kappa shape index (κ3) is 36.0. The van der Waals surface area contributed by atoms with E-state index in [1.165, 1.54) is 7.05 Å². The van der Waals surface area contributed by atoms with Crippen molar-refractivity contribution in [3.05, 3.63) is 0 Å². The van der Waals surface area contributed by atoms with E-state index in [1.807, 2.05) is 6.92 Å². The van der Waals surface area contributed by atoms with Crippen molar-refractivity contribution >= 4 is 48.5 Å². The lowest BCUT2D eigenvalue weighted by Gasteiger charge is -2.41. The van der Waals surface area contributed by atoms with Crippen molar-refractivity contribution < 1.29 is 176 Å². The van der Waals surface area contributed by atoms with Crippen LogP contribution in [0.15, 0.2) is 0 Å². The van der Waals surface area contributed by atoms with Gasteiger partial charge in [0.05, 0.1) is 85.9 Å². The second kappa shape index (κ2) is 56.9. The minimum Gasteiger partial charge on any atom is -0.441 e. The van der Waals surface area contributed by atoms with Crippen molar-refractivity contribution in [3.8, 4) is 0 Å². The molecule has 4 heterocycles. The fourth-order valence-electron chi connectivity index (χ4n) is 11.5. The lowest BCUT2D eigenvalue weighted by Crippen LogP contribution is -2.64. The van der Waals surface area contributed by atoms with Gasteiger partial charge in [-0.1, -0.05) is 34.1 Å². The molecule has 19 N–H and O–H groups in total. The summed E-state index contributed by atoms with van der Waals surface area (Å²) in [6.45, 7) is 3.05. The van der Waals surface area contributed by atoms with Crippen molar-refractivity contribution in [1.29, 1.82) is 0 Å². The normalized spacial score (nSPS) is 28.8. The number of hydrogen-bond donors (Lipinski definition) is 18. The number of Topliss-reactive ketones (excluding diaryl/α,β-unsaturated/α-hetero) is 2. The van der Waals surface area contributed by atoms with Crippen LogP contribution >= 0.6 is 0 Å². The van der Waals surface area contributed by atoms with Crippen LogP contribution in [0.1, 0.15) is 118 Å². The molecule has 0 radical (unpaired) electrons. The Hall–Kier alpha value is -5.28. The van der Waals surface area contributed by atoms with Gasteiger partial charge in [0.1, 0.15) is 96.9 Å². The fraction of sp³-hybridized carbons (Fsp3) is 0.879. The first-order chi connectivity index (χ1) is 51.4. The highest BCUT2D eigenvalue weighted by Gasteiger charge is 2.50. The highest BCUT2D eigenvalue weighted by Crippen LogP contribution is 2.40. The molecule has 4 saturated heterocycles. The minimum atomic E-state index is -1.64. The number of hydrogen-bond acceptors (Lipinski definition) is 38. The minimum absolute atomic E-state index is 0. The van der Waals surface area contributed by atoms with Crippen molar-refractivity contribution in [3.63, 3.8) is 0 Å². The zero-order valence-corrected chi connectivity index (χ0v) is 60.8. The van der Waals surface area contributed by atoms with Crippen LogP contribution in [0.2, 0.25) is 0 Å². The van der Waals surface area contributed by atoms with E-state index in [0.717, 1.165) is 19.3 Å². The number of amides is 4. The van der Waals surface area contributed by atoms with Gasteiger partial charge in [0.2, 0.25) is 11.8 Å². The molecule has 4 fully saturated rings. The zero-order valence-electron chi connectivity index (χ0n) is 60.8. The summed E-state index contributed by atoms with van der Waals surface area (Å²) in [4.78, 5) is 106.